The zero-order valence-corrected chi connectivity index (χ0v) is 10.00. The smallest absolute Gasteiger partial charge is 0.329 e. The lowest BCUT2D eigenvalue weighted by atomic mass is 9.96. The third-order valence-corrected chi connectivity index (χ3v) is 3.88. The molecule has 2 rings (SSSR count). The molecule has 0 bridgehead atoms. The van der Waals surface area contributed by atoms with Crippen molar-refractivity contribution in [3.63, 3.8) is 0 Å². The summed E-state index contributed by atoms with van der Waals surface area (Å²) >= 11 is 0. The fraction of sp³-hybridized carbons (Fsp3) is 0.833. The Morgan fingerprint density at radius 3 is 2.59 bits per heavy atom. The van der Waals surface area contributed by atoms with Crippen LogP contribution in [-0.2, 0) is 9.59 Å². The molecule has 5 nitrogen and oxygen atoms in total. The number of hydrogen-bond donors (Lipinski definition) is 3. The molecule has 2 fully saturated rings. The van der Waals surface area contributed by atoms with E-state index in [4.69, 9.17) is 0 Å². The summed E-state index contributed by atoms with van der Waals surface area (Å²) in [6.07, 6.45) is 4.36. The summed E-state index contributed by atoms with van der Waals surface area (Å²) in [4.78, 5) is 23.1. The summed E-state index contributed by atoms with van der Waals surface area (Å²) in [6, 6.07) is 0. The lowest BCUT2D eigenvalue weighted by Crippen LogP contribution is -2.52. The largest absolute Gasteiger partial charge is 0.480 e. The monoisotopic (exact) mass is 240 g/mol. The highest BCUT2D eigenvalue weighted by atomic mass is 16.4. The van der Waals surface area contributed by atoms with Crippen molar-refractivity contribution in [1.29, 1.82) is 0 Å². The van der Waals surface area contributed by atoms with Gasteiger partial charge in [0, 0.05) is 6.42 Å². The van der Waals surface area contributed by atoms with E-state index in [0.717, 1.165) is 32.4 Å². The molecule has 0 spiro atoms. The van der Waals surface area contributed by atoms with Crippen molar-refractivity contribution in [2.24, 2.45) is 5.92 Å². The topological polar surface area (TPSA) is 78.4 Å². The van der Waals surface area contributed by atoms with Crippen molar-refractivity contribution in [3.05, 3.63) is 0 Å². The lowest BCUT2D eigenvalue weighted by molar-refractivity contribution is -0.147. The first-order valence-electron chi connectivity index (χ1n) is 6.37. The van der Waals surface area contributed by atoms with E-state index in [9.17, 15) is 14.7 Å². The molecule has 5 heteroatoms. The molecule has 1 amide bonds. The van der Waals surface area contributed by atoms with Crippen LogP contribution < -0.4 is 10.6 Å². The number of carboxylic acids is 1. The zero-order chi connectivity index (χ0) is 12.3. The molecule has 1 saturated carbocycles. The Bertz CT molecular complexity index is 305. The number of carbonyl (C=O) groups excluding carboxylic acids is 1. The van der Waals surface area contributed by atoms with E-state index in [1.165, 1.54) is 0 Å². The van der Waals surface area contributed by atoms with Crippen LogP contribution in [0.25, 0.3) is 0 Å². The Morgan fingerprint density at radius 1 is 1.35 bits per heavy atom. The van der Waals surface area contributed by atoms with E-state index in [1.807, 2.05) is 0 Å². The molecule has 1 heterocycles. The third kappa shape index (κ3) is 2.77. The quantitative estimate of drug-likeness (QED) is 0.668. The zero-order valence-electron chi connectivity index (χ0n) is 10.00. The van der Waals surface area contributed by atoms with Crippen LogP contribution in [0.3, 0.4) is 0 Å². The molecule has 1 atom stereocenters. The lowest BCUT2D eigenvalue weighted by Gasteiger charge is -2.25. The first-order chi connectivity index (χ1) is 8.12. The van der Waals surface area contributed by atoms with Gasteiger partial charge in [0.15, 0.2) is 0 Å². The number of rotatable bonds is 4. The third-order valence-electron chi connectivity index (χ3n) is 3.88. The predicted octanol–water partition coefficient (Wildman–Crippen LogP) is 0.500. The second-order valence-electron chi connectivity index (χ2n) is 5.21. The maximum absolute atomic E-state index is 11.9. The van der Waals surface area contributed by atoms with Gasteiger partial charge in [0.1, 0.15) is 5.54 Å². The fourth-order valence-corrected chi connectivity index (χ4v) is 2.84. The molecule has 0 aromatic carbocycles. The van der Waals surface area contributed by atoms with Crippen LogP contribution in [-0.4, -0.2) is 35.6 Å². The fourth-order valence-electron chi connectivity index (χ4n) is 2.84. The van der Waals surface area contributed by atoms with E-state index < -0.39 is 11.5 Å². The van der Waals surface area contributed by atoms with Crippen molar-refractivity contribution >= 4 is 11.9 Å². The maximum Gasteiger partial charge on any atom is 0.329 e. The minimum absolute atomic E-state index is 0.108. The van der Waals surface area contributed by atoms with Gasteiger partial charge in [-0.15, -0.1) is 0 Å². The van der Waals surface area contributed by atoms with Crippen molar-refractivity contribution in [2.75, 3.05) is 13.1 Å². The highest BCUT2D eigenvalue weighted by Crippen LogP contribution is 2.30. The van der Waals surface area contributed by atoms with Crippen LogP contribution >= 0.6 is 0 Å². The van der Waals surface area contributed by atoms with Gasteiger partial charge in [0.05, 0.1) is 0 Å². The number of aliphatic carboxylic acids is 1. The molecule has 1 aliphatic carbocycles. The minimum Gasteiger partial charge on any atom is -0.480 e. The molecule has 0 radical (unpaired) electrons. The second kappa shape index (κ2) is 5.04. The van der Waals surface area contributed by atoms with Gasteiger partial charge >= 0.3 is 5.97 Å². The van der Waals surface area contributed by atoms with Gasteiger partial charge in [-0.1, -0.05) is 12.8 Å². The van der Waals surface area contributed by atoms with Gasteiger partial charge in [0.25, 0.3) is 0 Å². The van der Waals surface area contributed by atoms with E-state index in [1.54, 1.807) is 0 Å². The van der Waals surface area contributed by atoms with Crippen LogP contribution in [0.5, 0.6) is 0 Å². The van der Waals surface area contributed by atoms with Gasteiger partial charge in [0.2, 0.25) is 5.91 Å². The molecular formula is C12H20N2O3. The van der Waals surface area contributed by atoms with E-state index in [2.05, 4.69) is 10.6 Å². The van der Waals surface area contributed by atoms with Crippen molar-refractivity contribution < 1.29 is 14.7 Å². The van der Waals surface area contributed by atoms with Crippen LogP contribution in [0.2, 0.25) is 0 Å². The summed E-state index contributed by atoms with van der Waals surface area (Å²) in [5.41, 5.74) is -0.983. The van der Waals surface area contributed by atoms with Gasteiger partial charge in [-0.3, -0.25) is 4.79 Å². The Kier molecular flexibility index (Phi) is 3.66. The number of carbonyl (C=O) groups is 2. The highest BCUT2D eigenvalue weighted by Gasteiger charge is 2.42. The average molecular weight is 240 g/mol. The number of hydrogen-bond acceptors (Lipinski definition) is 3. The molecule has 0 aromatic heterocycles. The minimum atomic E-state index is -0.983. The Labute approximate surface area is 101 Å². The Balaban J connectivity index is 1.89. The number of carboxylic acid groups (broad SMARTS) is 1. The summed E-state index contributed by atoms with van der Waals surface area (Å²) in [5.74, 6) is -0.627. The van der Waals surface area contributed by atoms with Crippen LogP contribution in [0.15, 0.2) is 0 Å². The summed E-state index contributed by atoms with van der Waals surface area (Å²) in [6.45, 7) is 1.83. The average Bonchev–Trinajstić information content (AvgIpc) is 2.89. The first kappa shape index (κ1) is 12.4. The molecule has 96 valence electrons. The molecule has 2 aliphatic rings. The molecule has 1 saturated heterocycles. The molecule has 17 heavy (non-hydrogen) atoms. The number of nitrogens with one attached hydrogen (secondary N) is 2. The van der Waals surface area contributed by atoms with Gasteiger partial charge in [-0.05, 0) is 38.3 Å². The molecular weight excluding hydrogens is 220 g/mol. The SMILES string of the molecule is O=C(CC1CCNC1)NC1(C(=O)O)CCCC1. The molecule has 3 N–H and O–H groups in total. The summed E-state index contributed by atoms with van der Waals surface area (Å²) in [5, 5.41) is 15.2. The second-order valence-corrected chi connectivity index (χ2v) is 5.21. The highest BCUT2D eigenvalue weighted by molar-refractivity contribution is 5.87. The molecule has 0 aromatic rings. The van der Waals surface area contributed by atoms with Crippen LogP contribution in [0.4, 0.5) is 0 Å². The first-order valence-corrected chi connectivity index (χ1v) is 6.37. The van der Waals surface area contributed by atoms with E-state index in [-0.39, 0.29) is 5.91 Å². The Hall–Kier alpha value is -1.10. The van der Waals surface area contributed by atoms with Gasteiger partial charge < -0.3 is 15.7 Å². The predicted molar refractivity (Wildman–Crippen MR) is 62.6 cm³/mol. The van der Waals surface area contributed by atoms with Crippen LogP contribution in [0.1, 0.15) is 38.5 Å². The van der Waals surface area contributed by atoms with Crippen molar-refractivity contribution in [3.8, 4) is 0 Å². The van der Waals surface area contributed by atoms with Crippen molar-refractivity contribution in [2.45, 2.75) is 44.1 Å². The van der Waals surface area contributed by atoms with Crippen LogP contribution in [0, 0.1) is 5.92 Å². The Morgan fingerprint density at radius 2 is 2.06 bits per heavy atom. The standard InChI is InChI=1S/C12H20N2O3/c15-10(7-9-3-6-13-8-9)14-12(11(16)17)4-1-2-5-12/h9,13H,1-8H2,(H,14,15)(H,16,17). The van der Waals surface area contributed by atoms with Gasteiger partial charge in [-0.25, -0.2) is 4.79 Å². The van der Waals surface area contributed by atoms with Gasteiger partial charge in [-0.2, -0.15) is 0 Å². The maximum atomic E-state index is 11.9. The summed E-state index contributed by atoms with van der Waals surface area (Å²) < 4.78 is 0. The van der Waals surface area contributed by atoms with E-state index >= 15 is 0 Å². The molecule has 1 aliphatic heterocycles. The normalized spacial score (nSPS) is 26.9. The number of amides is 1. The van der Waals surface area contributed by atoms with Crippen molar-refractivity contribution in [1.82, 2.24) is 10.6 Å². The summed E-state index contributed by atoms with van der Waals surface area (Å²) in [7, 11) is 0. The van der Waals surface area contributed by atoms with E-state index in [0.29, 0.717) is 25.2 Å². The molecule has 1 unspecified atom stereocenters.